The van der Waals surface area contributed by atoms with E-state index in [4.69, 9.17) is 0 Å². The number of hydrogen-bond donors (Lipinski definition) is 4. The first-order valence-electron chi connectivity index (χ1n) is 17.4. The summed E-state index contributed by atoms with van der Waals surface area (Å²) < 4.78 is 9.29. The number of methoxy groups -OCH3 is 2. The number of alkyl carbamates (subject to hydrolysis) is 2. The first kappa shape index (κ1) is 34.7. The zero-order valence-corrected chi connectivity index (χ0v) is 29.0. The summed E-state index contributed by atoms with van der Waals surface area (Å²) in [6.45, 7) is 4.55. The second-order valence-electron chi connectivity index (χ2n) is 13.3. The lowest BCUT2D eigenvalue weighted by molar-refractivity contribution is -0.134. The highest BCUT2D eigenvalue weighted by atomic mass is 16.5. The number of nitrogens with zero attached hydrogens (tertiary/aromatic N) is 4. The van der Waals surface area contributed by atoms with E-state index in [1.54, 1.807) is 23.6 Å². The molecule has 2 aliphatic heterocycles. The van der Waals surface area contributed by atoms with Crippen LogP contribution in [0, 0.1) is 0 Å². The summed E-state index contributed by atoms with van der Waals surface area (Å²) >= 11 is 0. The van der Waals surface area contributed by atoms with Crippen molar-refractivity contribution < 1.29 is 28.7 Å². The van der Waals surface area contributed by atoms with E-state index < -0.39 is 24.3 Å². The number of imidazole rings is 2. The molecule has 0 radical (unpaired) electrons. The van der Waals surface area contributed by atoms with E-state index in [2.05, 4.69) is 70.4 Å². The smallest absolute Gasteiger partial charge is 0.407 e. The molecule has 0 bridgehead atoms. The summed E-state index contributed by atoms with van der Waals surface area (Å²) in [4.78, 5) is 69.2. The lowest BCUT2D eigenvalue weighted by atomic mass is 9.83. The molecule has 2 saturated heterocycles. The maximum Gasteiger partial charge on any atom is 0.407 e. The summed E-state index contributed by atoms with van der Waals surface area (Å²) in [5, 5.41) is 5.13. The molecule has 6 rings (SSSR count). The third-order valence-corrected chi connectivity index (χ3v) is 10.1. The molecule has 4 amide bonds. The van der Waals surface area contributed by atoms with Gasteiger partial charge in [0.05, 0.1) is 50.1 Å². The zero-order valence-electron chi connectivity index (χ0n) is 29.0. The third kappa shape index (κ3) is 7.38. The quantitative estimate of drug-likeness (QED) is 0.244. The van der Waals surface area contributed by atoms with Crippen molar-refractivity contribution in [3.63, 3.8) is 0 Å². The van der Waals surface area contributed by atoms with Crippen molar-refractivity contribution in [1.82, 2.24) is 40.4 Å². The second-order valence-corrected chi connectivity index (χ2v) is 13.3. The molecule has 266 valence electrons. The Kier molecular flexibility index (Phi) is 10.5. The molecule has 1 aromatic carbocycles. The average Bonchev–Trinajstić information content (AvgIpc) is 3.97. The van der Waals surface area contributed by atoms with Gasteiger partial charge in [-0.2, -0.15) is 0 Å². The number of aromatic amines is 2. The highest BCUT2D eigenvalue weighted by Crippen LogP contribution is 2.38. The SMILES string of the molecule is COC(=O)N[C@@H](C)C(=O)N1CCC[C@H]1c1ncc(C2=CCC(c3ccc(-c4cnc([C@@H]5CCCN5C(=O)[C@H](C)NC(=O)OC)[nH]4)cc3)CC2)[nH]1. The van der Waals surface area contributed by atoms with E-state index in [0.717, 1.165) is 73.5 Å². The van der Waals surface area contributed by atoms with Crippen molar-refractivity contribution >= 4 is 29.6 Å². The van der Waals surface area contributed by atoms with Crippen LogP contribution in [-0.4, -0.2) is 93.1 Å². The van der Waals surface area contributed by atoms with Gasteiger partial charge in [-0.15, -0.1) is 0 Å². The van der Waals surface area contributed by atoms with Gasteiger partial charge >= 0.3 is 12.2 Å². The van der Waals surface area contributed by atoms with Crippen LogP contribution in [0.4, 0.5) is 9.59 Å². The minimum absolute atomic E-state index is 0.150. The molecule has 4 heterocycles. The van der Waals surface area contributed by atoms with Crippen molar-refractivity contribution in [2.75, 3.05) is 27.3 Å². The number of hydrogen-bond acceptors (Lipinski definition) is 8. The number of H-pyrrole nitrogens is 2. The Morgan fingerprint density at radius 3 is 1.80 bits per heavy atom. The monoisotopic (exact) mass is 686 g/mol. The molecular weight excluding hydrogens is 640 g/mol. The Hall–Kier alpha value is -5.14. The minimum Gasteiger partial charge on any atom is -0.453 e. The molecule has 2 aromatic heterocycles. The van der Waals surface area contributed by atoms with Gasteiger partial charge in [-0.05, 0) is 81.4 Å². The minimum atomic E-state index is -0.694. The van der Waals surface area contributed by atoms with Crippen LogP contribution < -0.4 is 10.6 Å². The standard InChI is InChI=1S/C36H46N8O6/c1-21(39-35(47)49-3)33(45)43-17-5-7-29(43)31-37-19-27(41-31)25-13-9-23(10-14-25)24-11-15-26(16-12-24)28-20-38-32(42-28)30-8-6-18-44(30)34(46)22(2)40-36(48)50-4/h9-10,13-15,19-22,24,29-30H,5-8,11-12,16-18H2,1-4H3,(H,37,41)(H,38,42)(H,39,47)(H,40,48)/t21-,22-,24?,29-,30-/m0/s1. The largest absolute Gasteiger partial charge is 0.453 e. The van der Waals surface area contributed by atoms with E-state index in [0.29, 0.717) is 19.0 Å². The normalized spacial score (nSPS) is 21.7. The van der Waals surface area contributed by atoms with Gasteiger partial charge in [0.2, 0.25) is 11.8 Å². The fourth-order valence-corrected chi connectivity index (χ4v) is 7.36. The van der Waals surface area contributed by atoms with Gasteiger partial charge in [0.1, 0.15) is 23.7 Å². The van der Waals surface area contributed by atoms with Crippen molar-refractivity contribution in [1.29, 1.82) is 0 Å². The molecule has 4 N–H and O–H groups in total. The van der Waals surface area contributed by atoms with E-state index >= 15 is 0 Å². The van der Waals surface area contributed by atoms with Gasteiger partial charge in [-0.3, -0.25) is 9.59 Å². The molecule has 1 unspecified atom stereocenters. The van der Waals surface area contributed by atoms with Gasteiger partial charge in [-0.25, -0.2) is 19.6 Å². The molecule has 2 fully saturated rings. The predicted molar refractivity (Wildman–Crippen MR) is 185 cm³/mol. The van der Waals surface area contributed by atoms with Gasteiger partial charge in [0.15, 0.2) is 0 Å². The van der Waals surface area contributed by atoms with Crippen LogP contribution in [-0.2, 0) is 19.1 Å². The molecule has 3 aromatic rings. The van der Waals surface area contributed by atoms with E-state index in [9.17, 15) is 19.2 Å². The number of nitrogens with one attached hydrogen (secondary N) is 4. The molecule has 0 saturated carbocycles. The molecule has 0 spiro atoms. The topological polar surface area (TPSA) is 175 Å². The second kappa shape index (κ2) is 15.2. The molecule has 50 heavy (non-hydrogen) atoms. The Labute approximate surface area is 291 Å². The third-order valence-electron chi connectivity index (χ3n) is 10.1. The van der Waals surface area contributed by atoms with Gasteiger partial charge in [0, 0.05) is 13.1 Å². The van der Waals surface area contributed by atoms with Gasteiger partial charge in [-0.1, -0.05) is 30.3 Å². The van der Waals surface area contributed by atoms with Crippen molar-refractivity contribution in [3.8, 4) is 11.3 Å². The Bertz CT molecular complexity index is 1730. The van der Waals surface area contributed by atoms with Crippen LogP contribution in [0.1, 0.15) is 99.7 Å². The molecule has 14 heteroatoms. The maximum atomic E-state index is 13.1. The average molecular weight is 687 g/mol. The van der Waals surface area contributed by atoms with Crippen LogP contribution in [0.25, 0.3) is 16.8 Å². The molecule has 5 atom stereocenters. The van der Waals surface area contributed by atoms with Crippen LogP contribution in [0.5, 0.6) is 0 Å². The molecule has 14 nitrogen and oxygen atoms in total. The molecular formula is C36H46N8O6. The fourth-order valence-electron chi connectivity index (χ4n) is 7.36. The predicted octanol–water partition coefficient (Wildman–Crippen LogP) is 4.97. The number of aromatic nitrogens is 4. The van der Waals surface area contributed by atoms with E-state index in [-0.39, 0.29) is 23.9 Å². The molecule has 3 aliphatic rings. The Morgan fingerprint density at radius 2 is 1.30 bits per heavy atom. The summed E-state index contributed by atoms with van der Waals surface area (Å²) in [5.74, 6) is 1.60. The van der Waals surface area contributed by atoms with Gasteiger partial charge < -0.3 is 39.9 Å². The number of carbonyl (C=O) groups is 4. The van der Waals surface area contributed by atoms with E-state index in [1.807, 2.05) is 12.4 Å². The lowest BCUT2D eigenvalue weighted by Crippen LogP contribution is -2.46. The summed E-state index contributed by atoms with van der Waals surface area (Å²) in [5.41, 5.74) is 5.41. The zero-order chi connectivity index (χ0) is 35.4. The Balaban J connectivity index is 1.05. The van der Waals surface area contributed by atoms with Crippen LogP contribution in [0.3, 0.4) is 0 Å². The summed E-state index contributed by atoms with van der Waals surface area (Å²) in [7, 11) is 2.55. The summed E-state index contributed by atoms with van der Waals surface area (Å²) in [6.07, 6.45) is 10.9. The number of rotatable bonds is 9. The Morgan fingerprint density at radius 1 is 0.780 bits per heavy atom. The number of carbonyl (C=O) groups excluding carboxylic acids is 4. The molecule has 1 aliphatic carbocycles. The maximum absolute atomic E-state index is 13.1. The van der Waals surface area contributed by atoms with Crippen molar-refractivity contribution in [2.24, 2.45) is 0 Å². The first-order chi connectivity index (χ1) is 24.2. The summed E-state index contributed by atoms with van der Waals surface area (Å²) in [6, 6.07) is 6.88. The highest BCUT2D eigenvalue weighted by Gasteiger charge is 2.36. The van der Waals surface area contributed by atoms with Crippen molar-refractivity contribution in [3.05, 3.63) is 65.6 Å². The van der Waals surface area contributed by atoms with Crippen LogP contribution in [0.15, 0.2) is 42.7 Å². The highest BCUT2D eigenvalue weighted by molar-refractivity contribution is 5.86. The lowest BCUT2D eigenvalue weighted by Gasteiger charge is -2.26. The van der Waals surface area contributed by atoms with Gasteiger partial charge in [0.25, 0.3) is 0 Å². The van der Waals surface area contributed by atoms with Crippen molar-refractivity contribution in [2.45, 2.75) is 88.9 Å². The van der Waals surface area contributed by atoms with Crippen LogP contribution in [0.2, 0.25) is 0 Å². The van der Waals surface area contributed by atoms with Crippen LogP contribution >= 0.6 is 0 Å². The fraction of sp³-hybridized carbons (Fsp3) is 0.500. The number of allylic oxidation sites excluding steroid dienone is 2. The first-order valence-corrected chi connectivity index (χ1v) is 17.4. The van der Waals surface area contributed by atoms with E-state index in [1.165, 1.54) is 25.4 Å². The number of amides is 4. The number of benzene rings is 1. The number of likely N-dealkylation sites (tertiary alicyclic amines) is 2. The number of ether oxygens (including phenoxy) is 2.